The van der Waals surface area contributed by atoms with Gasteiger partial charge in [0, 0.05) is 18.8 Å². The average molecular weight is 273 g/mol. The summed E-state index contributed by atoms with van der Waals surface area (Å²) in [7, 11) is 0. The third-order valence-corrected chi connectivity index (χ3v) is 2.82. The molecule has 0 unspecified atom stereocenters. The normalized spacial score (nSPS) is 10.2. The Hall–Kier alpha value is -2.56. The van der Waals surface area contributed by atoms with Crippen LogP contribution in [0.15, 0.2) is 53.5 Å². The summed E-state index contributed by atoms with van der Waals surface area (Å²) in [5.41, 5.74) is 0.0859. The van der Waals surface area contributed by atoms with Crippen molar-refractivity contribution in [3.8, 4) is 5.75 Å². The van der Waals surface area contributed by atoms with Crippen LogP contribution in [0.1, 0.15) is 16.8 Å². The van der Waals surface area contributed by atoms with E-state index in [0.717, 1.165) is 0 Å². The number of pyridine rings is 1. The maximum absolute atomic E-state index is 11.5. The van der Waals surface area contributed by atoms with E-state index in [0.29, 0.717) is 25.3 Å². The van der Waals surface area contributed by atoms with Gasteiger partial charge in [-0.3, -0.25) is 4.79 Å². The standard InChI is InChI=1S/C15H15NO4/c17-14-8-3-4-9-16(14)10-5-11-20-13-7-2-1-6-12(13)15(18)19/h1-4,6-9H,5,10-11H2,(H,18,19). The van der Waals surface area contributed by atoms with Crippen LogP contribution >= 0.6 is 0 Å². The molecule has 0 saturated heterocycles. The van der Waals surface area contributed by atoms with Crippen LogP contribution < -0.4 is 10.3 Å². The molecule has 1 heterocycles. The van der Waals surface area contributed by atoms with Crippen LogP contribution in [0, 0.1) is 0 Å². The number of aromatic nitrogens is 1. The van der Waals surface area contributed by atoms with E-state index in [2.05, 4.69) is 0 Å². The monoisotopic (exact) mass is 273 g/mol. The molecule has 2 aromatic rings. The fraction of sp³-hybridized carbons (Fsp3) is 0.200. The summed E-state index contributed by atoms with van der Waals surface area (Å²) < 4.78 is 7.05. The third kappa shape index (κ3) is 3.47. The Balaban J connectivity index is 1.90. The molecule has 0 spiro atoms. The van der Waals surface area contributed by atoms with Gasteiger partial charge in [0.05, 0.1) is 6.61 Å². The number of benzene rings is 1. The first-order chi connectivity index (χ1) is 9.68. The number of hydrogen-bond donors (Lipinski definition) is 1. The second-order valence-electron chi connectivity index (χ2n) is 4.24. The predicted octanol–water partition coefficient (Wildman–Crippen LogP) is 2.02. The van der Waals surface area contributed by atoms with Crippen LogP contribution in [-0.2, 0) is 6.54 Å². The Morgan fingerprint density at radius 3 is 2.65 bits per heavy atom. The lowest BCUT2D eigenvalue weighted by molar-refractivity contribution is 0.0692. The first-order valence-electron chi connectivity index (χ1n) is 6.29. The van der Waals surface area contributed by atoms with Gasteiger partial charge in [-0.1, -0.05) is 18.2 Å². The predicted molar refractivity (Wildman–Crippen MR) is 74.2 cm³/mol. The molecule has 20 heavy (non-hydrogen) atoms. The molecule has 104 valence electrons. The highest BCUT2D eigenvalue weighted by molar-refractivity contribution is 5.90. The van der Waals surface area contributed by atoms with Gasteiger partial charge in [0.2, 0.25) is 5.56 Å². The van der Waals surface area contributed by atoms with E-state index in [9.17, 15) is 9.59 Å². The van der Waals surface area contributed by atoms with Crippen LogP contribution in [0.5, 0.6) is 5.75 Å². The van der Waals surface area contributed by atoms with Gasteiger partial charge in [-0.25, -0.2) is 4.79 Å². The van der Waals surface area contributed by atoms with Crippen LogP contribution in [0.2, 0.25) is 0 Å². The quantitative estimate of drug-likeness (QED) is 0.817. The molecule has 0 amide bonds. The van der Waals surface area contributed by atoms with E-state index in [-0.39, 0.29) is 11.1 Å². The van der Waals surface area contributed by atoms with Crippen molar-refractivity contribution in [2.45, 2.75) is 13.0 Å². The molecule has 1 aromatic heterocycles. The molecule has 2 rings (SSSR count). The van der Waals surface area contributed by atoms with Crippen molar-refractivity contribution >= 4 is 5.97 Å². The fourth-order valence-corrected chi connectivity index (χ4v) is 1.83. The number of carboxylic acid groups (broad SMARTS) is 1. The van der Waals surface area contributed by atoms with Gasteiger partial charge in [-0.2, -0.15) is 0 Å². The number of carboxylic acids is 1. The van der Waals surface area contributed by atoms with Crippen molar-refractivity contribution in [2.75, 3.05) is 6.61 Å². The molecule has 0 fully saturated rings. The number of hydrogen-bond acceptors (Lipinski definition) is 3. The van der Waals surface area contributed by atoms with Crippen LogP contribution in [-0.4, -0.2) is 22.2 Å². The summed E-state index contributed by atoms with van der Waals surface area (Å²) in [6, 6.07) is 11.5. The highest BCUT2D eigenvalue weighted by atomic mass is 16.5. The molecule has 0 saturated carbocycles. The minimum absolute atomic E-state index is 0.0570. The van der Waals surface area contributed by atoms with Crippen molar-refractivity contribution in [1.82, 2.24) is 4.57 Å². The van der Waals surface area contributed by atoms with Crippen molar-refractivity contribution in [1.29, 1.82) is 0 Å². The number of carbonyl (C=O) groups is 1. The summed E-state index contributed by atoms with van der Waals surface area (Å²) in [6.07, 6.45) is 2.34. The average Bonchev–Trinajstić information content (AvgIpc) is 2.45. The van der Waals surface area contributed by atoms with Crippen molar-refractivity contribution in [3.63, 3.8) is 0 Å². The molecule has 0 aliphatic carbocycles. The molecule has 1 aromatic carbocycles. The number of ether oxygens (including phenoxy) is 1. The van der Waals surface area contributed by atoms with E-state index in [1.165, 1.54) is 12.1 Å². The highest BCUT2D eigenvalue weighted by Gasteiger charge is 2.09. The largest absolute Gasteiger partial charge is 0.493 e. The van der Waals surface area contributed by atoms with Gasteiger partial charge in [0.15, 0.2) is 0 Å². The van der Waals surface area contributed by atoms with Gasteiger partial charge in [0.25, 0.3) is 0 Å². The molecule has 5 heteroatoms. The van der Waals surface area contributed by atoms with Gasteiger partial charge in [-0.05, 0) is 24.6 Å². The highest BCUT2D eigenvalue weighted by Crippen LogP contribution is 2.17. The first-order valence-corrected chi connectivity index (χ1v) is 6.29. The van der Waals surface area contributed by atoms with Gasteiger partial charge >= 0.3 is 5.97 Å². The number of nitrogens with zero attached hydrogens (tertiary/aromatic N) is 1. The lowest BCUT2D eigenvalue weighted by Crippen LogP contribution is -2.19. The second kappa shape index (κ2) is 6.56. The zero-order chi connectivity index (χ0) is 14.4. The van der Waals surface area contributed by atoms with E-state index in [4.69, 9.17) is 9.84 Å². The smallest absolute Gasteiger partial charge is 0.339 e. The number of rotatable bonds is 6. The summed E-state index contributed by atoms with van der Waals surface area (Å²) in [4.78, 5) is 22.5. The van der Waals surface area contributed by atoms with Gasteiger partial charge < -0.3 is 14.4 Å². The molecule has 0 atom stereocenters. The molecular formula is C15H15NO4. The van der Waals surface area contributed by atoms with Crippen LogP contribution in [0.3, 0.4) is 0 Å². The Kier molecular flexibility index (Phi) is 4.55. The molecule has 0 radical (unpaired) electrons. The maximum Gasteiger partial charge on any atom is 0.339 e. The minimum Gasteiger partial charge on any atom is -0.493 e. The van der Waals surface area contributed by atoms with Crippen molar-refractivity contribution < 1.29 is 14.6 Å². The Morgan fingerprint density at radius 2 is 1.90 bits per heavy atom. The molecule has 5 nitrogen and oxygen atoms in total. The summed E-state index contributed by atoms with van der Waals surface area (Å²) in [5, 5.41) is 9.01. The summed E-state index contributed by atoms with van der Waals surface area (Å²) >= 11 is 0. The summed E-state index contributed by atoms with van der Waals surface area (Å²) in [6.45, 7) is 0.889. The van der Waals surface area contributed by atoms with E-state index >= 15 is 0 Å². The van der Waals surface area contributed by atoms with E-state index < -0.39 is 5.97 Å². The first kappa shape index (κ1) is 13.9. The fourth-order valence-electron chi connectivity index (χ4n) is 1.83. The topological polar surface area (TPSA) is 68.5 Å². The molecular weight excluding hydrogens is 258 g/mol. The molecule has 1 N–H and O–H groups in total. The van der Waals surface area contributed by atoms with Crippen LogP contribution in [0.4, 0.5) is 0 Å². The maximum atomic E-state index is 11.5. The van der Waals surface area contributed by atoms with Crippen molar-refractivity contribution in [2.24, 2.45) is 0 Å². The van der Waals surface area contributed by atoms with Crippen molar-refractivity contribution in [3.05, 3.63) is 64.6 Å². The minimum atomic E-state index is -1.01. The number of para-hydroxylation sites is 1. The van der Waals surface area contributed by atoms with Gasteiger partial charge in [-0.15, -0.1) is 0 Å². The lowest BCUT2D eigenvalue weighted by atomic mass is 10.2. The van der Waals surface area contributed by atoms with E-state index in [1.54, 1.807) is 41.1 Å². The van der Waals surface area contributed by atoms with E-state index in [1.807, 2.05) is 0 Å². The Labute approximate surface area is 116 Å². The summed E-state index contributed by atoms with van der Waals surface area (Å²) in [5.74, 6) is -0.666. The zero-order valence-corrected chi connectivity index (χ0v) is 10.9. The molecule has 0 aliphatic rings. The molecule has 0 bridgehead atoms. The lowest BCUT2D eigenvalue weighted by Gasteiger charge is -2.09. The number of aromatic carboxylic acids is 1. The zero-order valence-electron chi connectivity index (χ0n) is 10.9. The second-order valence-corrected chi connectivity index (χ2v) is 4.24. The SMILES string of the molecule is O=C(O)c1ccccc1OCCCn1ccccc1=O. The third-order valence-electron chi connectivity index (χ3n) is 2.82. The van der Waals surface area contributed by atoms with Gasteiger partial charge in [0.1, 0.15) is 11.3 Å². The Bertz CT molecular complexity index is 648. The Morgan fingerprint density at radius 1 is 1.15 bits per heavy atom. The van der Waals surface area contributed by atoms with Crippen LogP contribution in [0.25, 0.3) is 0 Å². The molecule has 0 aliphatic heterocycles. The number of aryl methyl sites for hydroxylation is 1.